The SMILES string of the molecule is CC[C@@]1(C)Oc2ccc(NCc3ccc(CO)o3)cc2O1. The molecule has 0 unspecified atom stereocenters. The van der Waals surface area contributed by atoms with Crippen molar-refractivity contribution < 1.29 is 19.0 Å². The molecule has 2 N–H and O–H groups in total. The Morgan fingerprint density at radius 1 is 1.10 bits per heavy atom. The Morgan fingerprint density at radius 2 is 1.86 bits per heavy atom. The molecule has 1 atom stereocenters. The van der Waals surface area contributed by atoms with E-state index < -0.39 is 5.79 Å². The number of anilines is 1. The molecule has 1 aromatic heterocycles. The molecule has 3 rings (SSSR count). The molecule has 0 bridgehead atoms. The van der Waals surface area contributed by atoms with Crippen LogP contribution in [0.4, 0.5) is 5.69 Å². The maximum atomic E-state index is 8.97. The smallest absolute Gasteiger partial charge is 0.248 e. The lowest BCUT2D eigenvalue weighted by molar-refractivity contribution is -0.0640. The van der Waals surface area contributed by atoms with E-state index in [0.717, 1.165) is 29.4 Å². The number of nitrogens with one attached hydrogen (secondary N) is 1. The molecule has 2 heterocycles. The number of benzene rings is 1. The maximum Gasteiger partial charge on any atom is 0.248 e. The monoisotopic (exact) mass is 289 g/mol. The van der Waals surface area contributed by atoms with Crippen LogP contribution in [0, 0.1) is 0 Å². The lowest BCUT2D eigenvalue weighted by Crippen LogP contribution is -2.33. The fourth-order valence-electron chi connectivity index (χ4n) is 2.20. The highest BCUT2D eigenvalue weighted by Crippen LogP contribution is 2.42. The van der Waals surface area contributed by atoms with Gasteiger partial charge in [0.1, 0.15) is 18.1 Å². The molecule has 0 radical (unpaired) electrons. The second kappa shape index (κ2) is 5.33. The average molecular weight is 289 g/mol. The van der Waals surface area contributed by atoms with E-state index in [0.29, 0.717) is 12.3 Å². The Labute approximate surface area is 123 Å². The van der Waals surface area contributed by atoms with Crippen molar-refractivity contribution in [3.8, 4) is 11.5 Å². The topological polar surface area (TPSA) is 63.9 Å². The summed E-state index contributed by atoms with van der Waals surface area (Å²) in [5.41, 5.74) is 0.930. The third kappa shape index (κ3) is 2.83. The summed E-state index contributed by atoms with van der Waals surface area (Å²) in [5, 5.41) is 12.2. The zero-order valence-corrected chi connectivity index (χ0v) is 12.2. The molecule has 2 aromatic rings. The normalized spacial score (nSPS) is 19.8. The van der Waals surface area contributed by atoms with Crippen LogP contribution in [-0.2, 0) is 13.2 Å². The van der Waals surface area contributed by atoms with E-state index in [4.69, 9.17) is 19.0 Å². The summed E-state index contributed by atoms with van der Waals surface area (Å²) in [4.78, 5) is 0. The summed E-state index contributed by atoms with van der Waals surface area (Å²) >= 11 is 0. The number of rotatable bonds is 5. The molecule has 1 aliphatic heterocycles. The van der Waals surface area contributed by atoms with E-state index in [9.17, 15) is 0 Å². The van der Waals surface area contributed by atoms with Gasteiger partial charge >= 0.3 is 0 Å². The zero-order valence-electron chi connectivity index (χ0n) is 12.2. The van der Waals surface area contributed by atoms with Crippen LogP contribution >= 0.6 is 0 Å². The van der Waals surface area contributed by atoms with Gasteiger partial charge in [0.2, 0.25) is 5.79 Å². The van der Waals surface area contributed by atoms with Crippen LogP contribution in [0.5, 0.6) is 11.5 Å². The number of fused-ring (bicyclic) bond motifs is 1. The van der Waals surface area contributed by atoms with Crippen LogP contribution in [0.15, 0.2) is 34.7 Å². The zero-order chi connectivity index (χ0) is 14.9. The van der Waals surface area contributed by atoms with Crippen LogP contribution < -0.4 is 14.8 Å². The lowest BCUT2D eigenvalue weighted by atomic mass is 10.2. The van der Waals surface area contributed by atoms with E-state index in [1.54, 1.807) is 6.07 Å². The van der Waals surface area contributed by atoms with Gasteiger partial charge in [0.25, 0.3) is 0 Å². The van der Waals surface area contributed by atoms with Gasteiger partial charge in [-0.15, -0.1) is 0 Å². The molecule has 0 amide bonds. The predicted octanol–water partition coefficient (Wildman–Crippen LogP) is 3.28. The number of furan rings is 1. The first-order valence-corrected chi connectivity index (χ1v) is 7.06. The molecule has 5 nitrogen and oxygen atoms in total. The predicted molar refractivity (Wildman–Crippen MR) is 78.4 cm³/mol. The van der Waals surface area contributed by atoms with Gasteiger partial charge < -0.3 is 24.3 Å². The van der Waals surface area contributed by atoms with Gasteiger partial charge in [0.05, 0.1) is 6.54 Å². The Hall–Kier alpha value is -2.14. The molecule has 0 fully saturated rings. The molecule has 0 spiro atoms. The molecule has 21 heavy (non-hydrogen) atoms. The van der Waals surface area contributed by atoms with E-state index in [-0.39, 0.29) is 6.61 Å². The molecule has 0 aliphatic carbocycles. The maximum absolute atomic E-state index is 8.97. The first-order valence-electron chi connectivity index (χ1n) is 7.06. The van der Waals surface area contributed by atoms with Crippen molar-refractivity contribution in [1.29, 1.82) is 0 Å². The number of hydrogen-bond acceptors (Lipinski definition) is 5. The minimum Gasteiger partial charge on any atom is -0.462 e. The van der Waals surface area contributed by atoms with E-state index in [2.05, 4.69) is 5.32 Å². The molecule has 0 saturated carbocycles. The number of aliphatic hydroxyl groups excluding tert-OH is 1. The highest BCUT2D eigenvalue weighted by molar-refractivity contribution is 5.56. The van der Waals surface area contributed by atoms with Crippen molar-refractivity contribution >= 4 is 5.69 Å². The summed E-state index contributed by atoms with van der Waals surface area (Å²) in [6.07, 6.45) is 0.779. The number of hydrogen-bond donors (Lipinski definition) is 2. The average Bonchev–Trinajstić information content (AvgIpc) is 3.08. The van der Waals surface area contributed by atoms with Gasteiger partial charge in [-0.1, -0.05) is 6.92 Å². The quantitative estimate of drug-likeness (QED) is 0.884. The Morgan fingerprint density at radius 3 is 2.57 bits per heavy atom. The van der Waals surface area contributed by atoms with Gasteiger partial charge in [0, 0.05) is 25.1 Å². The van der Waals surface area contributed by atoms with Crippen LogP contribution in [0.3, 0.4) is 0 Å². The second-order valence-electron chi connectivity index (χ2n) is 5.23. The van der Waals surface area contributed by atoms with E-state index in [1.165, 1.54) is 0 Å². The van der Waals surface area contributed by atoms with Crippen molar-refractivity contribution in [2.24, 2.45) is 0 Å². The van der Waals surface area contributed by atoms with Gasteiger partial charge in [-0.3, -0.25) is 0 Å². The van der Waals surface area contributed by atoms with Crippen LogP contribution in [0.1, 0.15) is 31.8 Å². The van der Waals surface area contributed by atoms with Crippen molar-refractivity contribution in [3.63, 3.8) is 0 Å². The first-order chi connectivity index (χ1) is 10.1. The van der Waals surface area contributed by atoms with Gasteiger partial charge in [-0.25, -0.2) is 0 Å². The van der Waals surface area contributed by atoms with E-state index >= 15 is 0 Å². The molecule has 5 heteroatoms. The molecule has 1 aromatic carbocycles. The molecular weight excluding hydrogens is 270 g/mol. The largest absolute Gasteiger partial charge is 0.462 e. The Balaban J connectivity index is 1.67. The number of ether oxygens (including phenoxy) is 2. The summed E-state index contributed by atoms with van der Waals surface area (Å²) in [6, 6.07) is 9.38. The summed E-state index contributed by atoms with van der Waals surface area (Å²) in [7, 11) is 0. The van der Waals surface area contributed by atoms with Gasteiger partial charge in [-0.05, 0) is 24.3 Å². The molecule has 1 aliphatic rings. The standard InChI is InChI=1S/C16H19NO4/c1-3-16(2)20-14-7-4-11(8-15(14)21-16)17-9-12-5-6-13(10-18)19-12/h4-8,17-18H,3,9-10H2,1-2H3/t16-/m0/s1. The Kier molecular flexibility index (Phi) is 3.51. The van der Waals surface area contributed by atoms with Gasteiger partial charge in [-0.2, -0.15) is 0 Å². The van der Waals surface area contributed by atoms with Gasteiger partial charge in [0.15, 0.2) is 11.5 Å². The summed E-state index contributed by atoms with van der Waals surface area (Å²) < 4.78 is 17.1. The lowest BCUT2D eigenvalue weighted by Gasteiger charge is -2.20. The van der Waals surface area contributed by atoms with Crippen LogP contribution in [0.2, 0.25) is 0 Å². The highest BCUT2D eigenvalue weighted by Gasteiger charge is 2.34. The fraction of sp³-hybridized carbons (Fsp3) is 0.375. The third-order valence-electron chi connectivity index (χ3n) is 3.58. The van der Waals surface area contributed by atoms with Crippen molar-refractivity contribution in [1.82, 2.24) is 0 Å². The first kappa shape index (κ1) is 13.8. The van der Waals surface area contributed by atoms with Crippen LogP contribution in [-0.4, -0.2) is 10.9 Å². The fourth-order valence-corrected chi connectivity index (χ4v) is 2.20. The van der Waals surface area contributed by atoms with Crippen molar-refractivity contribution in [3.05, 3.63) is 41.9 Å². The minimum atomic E-state index is -0.571. The van der Waals surface area contributed by atoms with Crippen molar-refractivity contribution in [2.45, 2.75) is 39.2 Å². The minimum absolute atomic E-state index is 0.0837. The molecule has 0 saturated heterocycles. The molecular formula is C16H19NO4. The van der Waals surface area contributed by atoms with Crippen molar-refractivity contribution in [2.75, 3.05) is 5.32 Å². The summed E-state index contributed by atoms with van der Waals surface area (Å²) in [5.74, 6) is 2.29. The third-order valence-corrected chi connectivity index (χ3v) is 3.58. The second-order valence-corrected chi connectivity index (χ2v) is 5.23. The summed E-state index contributed by atoms with van der Waals surface area (Å²) in [6.45, 7) is 4.42. The van der Waals surface area contributed by atoms with E-state index in [1.807, 2.05) is 38.1 Å². The van der Waals surface area contributed by atoms with Crippen LogP contribution in [0.25, 0.3) is 0 Å². The molecule has 112 valence electrons. The highest BCUT2D eigenvalue weighted by atomic mass is 16.7. The number of aliphatic hydroxyl groups is 1. The Bertz CT molecular complexity index is 637.